The first kappa shape index (κ1) is 42.9. The third-order valence-corrected chi connectivity index (χ3v) is 19.0. The van der Waals surface area contributed by atoms with Crippen LogP contribution in [0, 0.1) is 11.8 Å². The van der Waals surface area contributed by atoms with Crippen LogP contribution in [0.15, 0.2) is 48.6 Å². The standard InChI is InChI=1S/C38H61F3O6Si2/c1-27(2)45-35(43)21-16-14-13-15-20-31-32(34(25-33(31)42)47-49(11,12)37(6,7)8)23-22-30(46-48(9,10)36(3,4)5)26-44-29-19-17-18-28(24-29)38(39,40)41/h13,15,17-19,22-24,27,30-32,34H,14,16,20-21,25-26H2,1-12H3/t30?,31-,32+,34-/m1/s1. The largest absolute Gasteiger partial charge is 0.491 e. The van der Waals surface area contributed by atoms with E-state index < -0.39 is 34.5 Å². The minimum atomic E-state index is -4.48. The maximum absolute atomic E-state index is 13.5. The van der Waals surface area contributed by atoms with Crippen molar-refractivity contribution in [2.24, 2.45) is 11.8 Å². The van der Waals surface area contributed by atoms with E-state index >= 15 is 0 Å². The summed E-state index contributed by atoms with van der Waals surface area (Å²) in [6, 6.07) is 4.86. The molecule has 0 heterocycles. The number of Topliss-reactive ketones (excluding diaryl/α,β-unsaturated/α-hetero) is 1. The van der Waals surface area contributed by atoms with Gasteiger partial charge in [-0.1, -0.05) is 71.9 Å². The summed E-state index contributed by atoms with van der Waals surface area (Å²) in [5.41, 5.74) is -0.774. The molecular formula is C38H61F3O6Si2. The zero-order valence-corrected chi connectivity index (χ0v) is 33.8. The fourth-order valence-electron chi connectivity index (χ4n) is 5.11. The van der Waals surface area contributed by atoms with Gasteiger partial charge in [-0.3, -0.25) is 9.59 Å². The van der Waals surface area contributed by atoms with E-state index in [9.17, 15) is 22.8 Å². The minimum Gasteiger partial charge on any atom is -0.491 e. The average Bonchev–Trinajstić information content (AvgIpc) is 3.22. The van der Waals surface area contributed by atoms with Crippen molar-refractivity contribution in [3.05, 3.63) is 54.1 Å². The van der Waals surface area contributed by atoms with E-state index in [2.05, 4.69) is 67.7 Å². The van der Waals surface area contributed by atoms with E-state index in [0.717, 1.165) is 12.1 Å². The molecule has 0 bridgehead atoms. The van der Waals surface area contributed by atoms with Crippen LogP contribution in [-0.4, -0.2) is 53.3 Å². The van der Waals surface area contributed by atoms with Crippen molar-refractivity contribution < 1.29 is 41.1 Å². The zero-order valence-electron chi connectivity index (χ0n) is 31.8. The quantitative estimate of drug-likeness (QED) is 0.0731. The molecule has 1 saturated carbocycles. The van der Waals surface area contributed by atoms with Crippen molar-refractivity contribution in [2.45, 2.75) is 148 Å². The molecule has 1 aliphatic carbocycles. The molecule has 1 aromatic carbocycles. The maximum Gasteiger partial charge on any atom is 0.416 e. The normalized spacial score (nSPS) is 20.5. The molecule has 49 heavy (non-hydrogen) atoms. The van der Waals surface area contributed by atoms with Gasteiger partial charge in [0.05, 0.1) is 23.9 Å². The Labute approximate surface area is 295 Å². The maximum atomic E-state index is 13.5. The van der Waals surface area contributed by atoms with Crippen molar-refractivity contribution >= 4 is 28.4 Å². The highest BCUT2D eigenvalue weighted by Gasteiger charge is 2.47. The van der Waals surface area contributed by atoms with Gasteiger partial charge in [0.2, 0.25) is 0 Å². The molecule has 1 aromatic rings. The molecular weight excluding hydrogens is 666 g/mol. The number of carbonyl (C=O) groups is 2. The topological polar surface area (TPSA) is 71.1 Å². The highest BCUT2D eigenvalue weighted by atomic mass is 28.4. The number of carbonyl (C=O) groups excluding carboxylic acids is 2. The number of unbranched alkanes of at least 4 members (excludes halogenated alkanes) is 1. The van der Waals surface area contributed by atoms with Crippen molar-refractivity contribution in [1.82, 2.24) is 0 Å². The summed E-state index contributed by atoms with van der Waals surface area (Å²) in [5, 5.41) is -0.169. The number of rotatable bonds is 16. The Morgan fingerprint density at radius 1 is 0.980 bits per heavy atom. The van der Waals surface area contributed by atoms with E-state index in [4.69, 9.17) is 18.3 Å². The lowest BCUT2D eigenvalue weighted by Gasteiger charge is -2.40. The predicted octanol–water partition coefficient (Wildman–Crippen LogP) is 10.7. The van der Waals surface area contributed by atoms with Crippen molar-refractivity contribution in [3.8, 4) is 5.75 Å². The number of esters is 1. The lowest BCUT2D eigenvalue weighted by molar-refractivity contribution is -0.147. The molecule has 278 valence electrons. The summed E-state index contributed by atoms with van der Waals surface area (Å²) in [6.07, 6.45) is 5.09. The Morgan fingerprint density at radius 3 is 2.18 bits per heavy atom. The molecule has 0 radical (unpaired) electrons. The van der Waals surface area contributed by atoms with Gasteiger partial charge < -0.3 is 18.3 Å². The van der Waals surface area contributed by atoms with Crippen molar-refractivity contribution in [1.29, 1.82) is 0 Å². The molecule has 1 aliphatic rings. The SMILES string of the molecule is CC(C)OC(=O)CCCC=CC[C@H]1C(=O)C[C@@H](O[Si](C)(C)C(C)(C)C)[C@H]1C=CC(COc1cccc(C(F)(F)F)c1)O[Si](C)(C)C(C)(C)C. The minimum absolute atomic E-state index is 0.0164. The van der Waals surface area contributed by atoms with Crippen molar-refractivity contribution in [3.63, 3.8) is 0 Å². The van der Waals surface area contributed by atoms with Gasteiger partial charge >= 0.3 is 12.1 Å². The van der Waals surface area contributed by atoms with Crippen LogP contribution < -0.4 is 4.74 Å². The summed E-state index contributed by atoms with van der Waals surface area (Å²) < 4.78 is 64.9. The number of hydrogen-bond donors (Lipinski definition) is 0. The first-order valence-electron chi connectivity index (χ1n) is 17.6. The van der Waals surface area contributed by atoms with E-state index in [1.54, 1.807) is 0 Å². The lowest BCUT2D eigenvalue weighted by atomic mass is 9.90. The second-order valence-corrected chi connectivity index (χ2v) is 26.1. The summed E-state index contributed by atoms with van der Waals surface area (Å²) in [4.78, 5) is 25.4. The highest BCUT2D eigenvalue weighted by molar-refractivity contribution is 6.74. The van der Waals surface area contributed by atoms with Crippen molar-refractivity contribution in [2.75, 3.05) is 6.61 Å². The van der Waals surface area contributed by atoms with E-state index in [0.29, 0.717) is 32.1 Å². The van der Waals surface area contributed by atoms with Gasteiger partial charge in [-0.15, -0.1) is 0 Å². The number of halogens is 3. The van der Waals surface area contributed by atoms with Crippen LogP contribution in [0.2, 0.25) is 36.3 Å². The molecule has 0 amide bonds. The molecule has 4 atom stereocenters. The Kier molecular flexibility index (Phi) is 15.2. The number of allylic oxidation sites excluding steroid dienone is 2. The first-order chi connectivity index (χ1) is 22.3. The molecule has 0 aliphatic heterocycles. The van der Waals surface area contributed by atoms with Gasteiger partial charge in [-0.25, -0.2) is 0 Å². The molecule has 11 heteroatoms. The van der Waals surface area contributed by atoms with E-state index in [1.807, 2.05) is 38.2 Å². The first-order valence-corrected chi connectivity index (χ1v) is 23.4. The molecule has 1 fully saturated rings. The zero-order chi connectivity index (χ0) is 37.4. The molecule has 1 unspecified atom stereocenters. The van der Waals surface area contributed by atoms with Gasteiger partial charge in [0.25, 0.3) is 0 Å². The van der Waals surface area contributed by atoms with Gasteiger partial charge in [-0.05, 0) is 87.6 Å². The number of ether oxygens (including phenoxy) is 2. The molecule has 0 aromatic heterocycles. The van der Waals surface area contributed by atoms with Gasteiger partial charge in [0.1, 0.15) is 18.1 Å². The van der Waals surface area contributed by atoms with Crippen LogP contribution in [0.1, 0.15) is 93.1 Å². The third-order valence-electron chi connectivity index (χ3n) is 10.0. The Morgan fingerprint density at radius 2 is 1.61 bits per heavy atom. The van der Waals surface area contributed by atoms with Crippen LogP contribution >= 0.6 is 0 Å². The predicted molar refractivity (Wildman–Crippen MR) is 196 cm³/mol. The number of ketones is 1. The second kappa shape index (κ2) is 17.3. The number of alkyl halides is 3. The fraction of sp³-hybridized carbons (Fsp3) is 0.684. The number of benzene rings is 1. The van der Waals surface area contributed by atoms with E-state index in [-0.39, 0.29) is 58.2 Å². The van der Waals surface area contributed by atoms with Crippen LogP contribution in [-0.2, 0) is 29.4 Å². The smallest absolute Gasteiger partial charge is 0.416 e. The Balaban J connectivity index is 2.37. The van der Waals surface area contributed by atoms with Crippen LogP contribution in [0.25, 0.3) is 0 Å². The van der Waals surface area contributed by atoms with Crippen LogP contribution in [0.5, 0.6) is 5.75 Å². The van der Waals surface area contributed by atoms with Crippen LogP contribution in [0.3, 0.4) is 0 Å². The number of hydrogen-bond acceptors (Lipinski definition) is 6. The Hall–Kier alpha value is -2.22. The molecule has 0 spiro atoms. The molecule has 2 rings (SSSR count). The van der Waals surface area contributed by atoms with Gasteiger partial charge in [0, 0.05) is 24.7 Å². The highest BCUT2D eigenvalue weighted by Crippen LogP contribution is 2.43. The summed E-state index contributed by atoms with van der Waals surface area (Å²) >= 11 is 0. The molecule has 6 nitrogen and oxygen atoms in total. The van der Waals surface area contributed by atoms with Crippen LogP contribution in [0.4, 0.5) is 13.2 Å². The molecule has 0 N–H and O–H groups in total. The van der Waals surface area contributed by atoms with Gasteiger partial charge in [-0.2, -0.15) is 13.2 Å². The Bertz CT molecular complexity index is 1290. The third kappa shape index (κ3) is 13.4. The van der Waals surface area contributed by atoms with Gasteiger partial charge in [0.15, 0.2) is 16.6 Å². The summed E-state index contributed by atoms with van der Waals surface area (Å²) in [6.45, 7) is 25.2. The lowest BCUT2D eigenvalue weighted by Crippen LogP contribution is -2.45. The average molecular weight is 727 g/mol. The summed E-state index contributed by atoms with van der Waals surface area (Å²) in [5.74, 6) is -0.470. The van der Waals surface area contributed by atoms with E-state index in [1.165, 1.54) is 12.1 Å². The second-order valence-electron chi connectivity index (χ2n) is 16.5. The fourth-order valence-corrected chi connectivity index (χ4v) is 7.71. The summed E-state index contributed by atoms with van der Waals surface area (Å²) in [7, 11) is -4.56. The molecule has 0 saturated heterocycles. The monoisotopic (exact) mass is 726 g/mol.